The van der Waals surface area contributed by atoms with Crippen molar-refractivity contribution >= 4 is 17.2 Å². The lowest BCUT2D eigenvalue weighted by Crippen LogP contribution is -2.24. The summed E-state index contributed by atoms with van der Waals surface area (Å²) < 4.78 is 34.7. The van der Waals surface area contributed by atoms with Gasteiger partial charge in [0.05, 0.1) is 12.7 Å². The van der Waals surface area contributed by atoms with E-state index >= 15 is 0 Å². The van der Waals surface area contributed by atoms with Crippen molar-refractivity contribution in [2.75, 3.05) is 7.11 Å². The molecule has 1 unspecified atom stereocenters. The minimum atomic E-state index is -2.23. The summed E-state index contributed by atoms with van der Waals surface area (Å²) in [7, 11) is 1.58. The number of benzene rings is 4. The number of aromatic carboxylic acids is 1. The van der Waals surface area contributed by atoms with Gasteiger partial charge >= 0.3 is 5.97 Å². The van der Waals surface area contributed by atoms with E-state index in [-0.39, 0.29) is 18.7 Å². The summed E-state index contributed by atoms with van der Waals surface area (Å²) in [5.41, 5.74) is 3.51. The van der Waals surface area contributed by atoms with E-state index in [1.165, 1.54) is 16.4 Å². The maximum absolute atomic E-state index is 12.0. The number of carboxylic acids is 1. The summed E-state index contributed by atoms with van der Waals surface area (Å²) >= 11 is -2.23. The zero-order valence-electron chi connectivity index (χ0n) is 19.5. The molecule has 0 aliphatic heterocycles. The van der Waals surface area contributed by atoms with Crippen LogP contribution in [-0.4, -0.2) is 31.3 Å². The second kappa shape index (κ2) is 11.6. The van der Waals surface area contributed by atoms with E-state index in [4.69, 9.17) is 14.6 Å². The SMILES string of the molecule is COc1cc(CN(Cc2ccc(C(=O)O)cc2)S(=O)O)ccc1-c1ccc(Oc2ccccc2)cc1. The van der Waals surface area contributed by atoms with Gasteiger partial charge in [0.15, 0.2) is 0 Å². The van der Waals surface area contributed by atoms with E-state index in [2.05, 4.69) is 0 Å². The van der Waals surface area contributed by atoms with Crippen molar-refractivity contribution in [3.8, 4) is 28.4 Å². The number of para-hydroxylation sites is 1. The molecule has 0 saturated heterocycles. The number of carboxylic acid groups (broad SMARTS) is 1. The van der Waals surface area contributed by atoms with Crippen LogP contribution in [0.25, 0.3) is 11.1 Å². The van der Waals surface area contributed by atoms with Crippen LogP contribution in [0.4, 0.5) is 0 Å². The van der Waals surface area contributed by atoms with Crippen LogP contribution in [0.5, 0.6) is 17.2 Å². The molecule has 0 amide bonds. The Morgan fingerprint density at radius 2 is 1.44 bits per heavy atom. The van der Waals surface area contributed by atoms with Crippen molar-refractivity contribution in [2.24, 2.45) is 0 Å². The van der Waals surface area contributed by atoms with Crippen molar-refractivity contribution in [3.05, 3.63) is 114 Å². The highest BCUT2D eigenvalue weighted by Crippen LogP contribution is 2.33. The fourth-order valence-electron chi connectivity index (χ4n) is 3.73. The average Bonchev–Trinajstić information content (AvgIpc) is 2.89. The van der Waals surface area contributed by atoms with Gasteiger partial charge in [0, 0.05) is 18.7 Å². The highest BCUT2D eigenvalue weighted by Gasteiger charge is 2.15. The summed E-state index contributed by atoms with van der Waals surface area (Å²) in [5, 5.41) is 9.05. The summed E-state index contributed by atoms with van der Waals surface area (Å²) in [5.74, 6) is 1.10. The van der Waals surface area contributed by atoms with Gasteiger partial charge in [-0.15, -0.1) is 0 Å². The molecule has 7 nitrogen and oxygen atoms in total. The third-order valence-electron chi connectivity index (χ3n) is 5.55. The van der Waals surface area contributed by atoms with E-state index in [1.807, 2.05) is 72.8 Å². The van der Waals surface area contributed by atoms with Gasteiger partial charge in [0.2, 0.25) is 11.3 Å². The largest absolute Gasteiger partial charge is 0.496 e. The first kappa shape index (κ1) is 25.1. The first-order valence-electron chi connectivity index (χ1n) is 11.1. The van der Waals surface area contributed by atoms with Crippen LogP contribution in [0.1, 0.15) is 21.5 Å². The molecular formula is C28H25NO6S. The lowest BCUT2D eigenvalue weighted by Gasteiger charge is -2.19. The maximum Gasteiger partial charge on any atom is 0.335 e. The minimum absolute atomic E-state index is 0.162. The third kappa shape index (κ3) is 6.37. The second-order valence-electron chi connectivity index (χ2n) is 8.00. The summed E-state index contributed by atoms with van der Waals surface area (Å²) in [6, 6.07) is 29.1. The van der Waals surface area contributed by atoms with Gasteiger partial charge in [-0.25, -0.2) is 9.00 Å². The summed E-state index contributed by atoms with van der Waals surface area (Å²) in [4.78, 5) is 11.0. The number of nitrogens with zero attached hydrogens (tertiary/aromatic N) is 1. The van der Waals surface area contributed by atoms with E-state index in [0.717, 1.165) is 33.8 Å². The zero-order chi connectivity index (χ0) is 25.5. The van der Waals surface area contributed by atoms with Crippen LogP contribution in [0.3, 0.4) is 0 Å². The van der Waals surface area contributed by atoms with E-state index in [1.54, 1.807) is 19.2 Å². The molecule has 4 aromatic carbocycles. The Balaban J connectivity index is 1.49. The molecule has 4 aromatic rings. The lowest BCUT2D eigenvalue weighted by atomic mass is 10.0. The summed E-state index contributed by atoms with van der Waals surface area (Å²) in [6.45, 7) is 0.375. The molecule has 0 aromatic heterocycles. The number of carbonyl (C=O) groups is 1. The molecule has 0 fully saturated rings. The van der Waals surface area contributed by atoms with Gasteiger partial charge in [-0.1, -0.05) is 54.6 Å². The molecular weight excluding hydrogens is 478 g/mol. The molecule has 4 rings (SSSR count). The second-order valence-corrected chi connectivity index (χ2v) is 8.98. The Morgan fingerprint density at radius 1 is 0.833 bits per heavy atom. The Labute approximate surface area is 212 Å². The number of ether oxygens (including phenoxy) is 2. The molecule has 0 aliphatic rings. The minimum Gasteiger partial charge on any atom is -0.496 e. The highest BCUT2D eigenvalue weighted by molar-refractivity contribution is 7.76. The van der Waals surface area contributed by atoms with Crippen molar-refractivity contribution in [1.29, 1.82) is 0 Å². The van der Waals surface area contributed by atoms with Crippen LogP contribution < -0.4 is 9.47 Å². The Hall–Kier alpha value is -3.98. The molecule has 1 atom stereocenters. The van der Waals surface area contributed by atoms with Gasteiger partial charge in [-0.05, 0) is 59.2 Å². The van der Waals surface area contributed by atoms with Crippen LogP contribution in [0.15, 0.2) is 97.1 Å². The molecule has 0 radical (unpaired) electrons. The van der Waals surface area contributed by atoms with Crippen molar-refractivity contribution in [1.82, 2.24) is 4.31 Å². The first-order chi connectivity index (χ1) is 17.4. The number of methoxy groups -OCH3 is 1. The topological polar surface area (TPSA) is 96.3 Å². The lowest BCUT2D eigenvalue weighted by molar-refractivity contribution is 0.0697. The van der Waals surface area contributed by atoms with E-state index in [0.29, 0.717) is 5.75 Å². The number of hydrogen-bond acceptors (Lipinski definition) is 4. The van der Waals surface area contributed by atoms with Gasteiger partial charge in [-0.2, -0.15) is 4.31 Å². The van der Waals surface area contributed by atoms with Crippen molar-refractivity contribution < 1.29 is 28.1 Å². The molecule has 0 saturated carbocycles. The first-order valence-corrected chi connectivity index (χ1v) is 12.2. The molecule has 184 valence electrons. The van der Waals surface area contributed by atoms with Crippen LogP contribution in [-0.2, 0) is 24.4 Å². The third-order valence-corrected chi connectivity index (χ3v) is 6.25. The van der Waals surface area contributed by atoms with Crippen molar-refractivity contribution in [3.63, 3.8) is 0 Å². The van der Waals surface area contributed by atoms with Gasteiger partial charge in [0.1, 0.15) is 17.2 Å². The fraction of sp³-hybridized carbons (Fsp3) is 0.107. The maximum atomic E-state index is 12.0. The molecule has 36 heavy (non-hydrogen) atoms. The number of hydrogen-bond donors (Lipinski definition) is 2. The Kier molecular flexibility index (Phi) is 8.12. The molecule has 8 heteroatoms. The molecule has 0 bridgehead atoms. The predicted molar refractivity (Wildman–Crippen MR) is 138 cm³/mol. The quantitative estimate of drug-likeness (QED) is 0.258. The number of rotatable bonds is 10. The standard InChI is InChI=1S/C28H25NO6S/c1-34-27-17-21(19-29(36(32)33)18-20-7-10-23(11-8-20)28(30)31)9-16-26(27)22-12-14-25(15-13-22)35-24-5-3-2-4-6-24/h2-17H,18-19H2,1H3,(H,30,31)(H,32,33). The Bertz CT molecular complexity index is 1340. The van der Waals surface area contributed by atoms with Gasteiger partial charge < -0.3 is 14.6 Å². The van der Waals surface area contributed by atoms with Crippen LogP contribution in [0.2, 0.25) is 0 Å². The normalized spacial score (nSPS) is 11.8. The molecule has 0 heterocycles. The highest BCUT2D eigenvalue weighted by atomic mass is 32.2. The van der Waals surface area contributed by atoms with Gasteiger partial charge in [-0.3, -0.25) is 4.55 Å². The fourth-order valence-corrected chi connectivity index (χ4v) is 4.24. The monoisotopic (exact) mass is 503 g/mol. The van der Waals surface area contributed by atoms with E-state index < -0.39 is 17.2 Å². The molecule has 2 N–H and O–H groups in total. The molecule has 0 aliphatic carbocycles. The van der Waals surface area contributed by atoms with Gasteiger partial charge in [0.25, 0.3) is 0 Å². The van der Waals surface area contributed by atoms with Crippen molar-refractivity contribution in [2.45, 2.75) is 13.1 Å². The van der Waals surface area contributed by atoms with E-state index in [9.17, 15) is 13.6 Å². The zero-order valence-corrected chi connectivity index (χ0v) is 20.4. The van der Waals surface area contributed by atoms with Crippen LogP contribution >= 0.6 is 0 Å². The average molecular weight is 504 g/mol. The smallest absolute Gasteiger partial charge is 0.335 e. The van der Waals surface area contributed by atoms with Crippen LogP contribution in [0, 0.1) is 0 Å². The predicted octanol–water partition coefficient (Wildman–Crippen LogP) is 5.99. The molecule has 0 spiro atoms. The Morgan fingerprint density at radius 3 is 2.06 bits per heavy atom. The summed E-state index contributed by atoms with van der Waals surface area (Å²) in [6.07, 6.45) is 0.